The number of nitrogens with one attached hydrogen (secondary N) is 2. The molecule has 0 fully saturated rings. The fourth-order valence-electron chi connectivity index (χ4n) is 2.19. The van der Waals surface area contributed by atoms with Crippen molar-refractivity contribution in [2.24, 2.45) is 0 Å². The van der Waals surface area contributed by atoms with E-state index >= 15 is 0 Å². The van der Waals surface area contributed by atoms with Gasteiger partial charge in [-0.25, -0.2) is 4.98 Å². The highest BCUT2D eigenvalue weighted by Gasteiger charge is 2.00. The van der Waals surface area contributed by atoms with Crippen LogP contribution in [0.1, 0.15) is 11.3 Å². The second kappa shape index (κ2) is 7.89. The van der Waals surface area contributed by atoms with Gasteiger partial charge in [0.15, 0.2) is 0 Å². The number of rotatable bonds is 7. The minimum absolute atomic E-state index is 0.631. The molecule has 0 saturated heterocycles. The largest absolute Gasteiger partial charge is 0.364 e. The first-order valence-electron chi connectivity index (χ1n) is 7.65. The zero-order chi connectivity index (χ0) is 15.7. The molecule has 116 valence electrons. The Morgan fingerprint density at radius 3 is 2.48 bits per heavy atom. The van der Waals surface area contributed by atoms with Crippen LogP contribution in [0.25, 0.3) is 0 Å². The Labute approximate surface area is 135 Å². The second-order valence-electron chi connectivity index (χ2n) is 5.10. The number of aromatic nitrogens is 3. The van der Waals surface area contributed by atoms with Crippen molar-refractivity contribution in [1.82, 2.24) is 15.0 Å². The Morgan fingerprint density at radius 1 is 0.783 bits per heavy atom. The van der Waals surface area contributed by atoms with Crippen LogP contribution in [0.15, 0.2) is 67.0 Å². The van der Waals surface area contributed by atoms with E-state index in [9.17, 15) is 0 Å². The van der Waals surface area contributed by atoms with Crippen molar-refractivity contribution in [2.45, 2.75) is 13.0 Å². The standard InChI is InChI=1S/C18H19N5/c1-2-6-15(7-3-1)9-12-20-18-21-13-10-17(23-18)22-14-16-8-4-5-11-19-16/h1-8,10-11,13H,9,12,14H2,(H2,20,21,22,23). The average molecular weight is 305 g/mol. The first-order valence-corrected chi connectivity index (χ1v) is 7.65. The van der Waals surface area contributed by atoms with E-state index in [0.29, 0.717) is 12.5 Å². The summed E-state index contributed by atoms with van der Waals surface area (Å²) >= 11 is 0. The van der Waals surface area contributed by atoms with Crippen molar-refractivity contribution in [2.75, 3.05) is 17.2 Å². The topological polar surface area (TPSA) is 62.7 Å². The molecule has 2 N–H and O–H groups in total. The maximum atomic E-state index is 4.46. The number of pyridine rings is 1. The fraction of sp³-hybridized carbons (Fsp3) is 0.167. The van der Waals surface area contributed by atoms with Gasteiger partial charge < -0.3 is 10.6 Å². The molecule has 0 spiro atoms. The summed E-state index contributed by atoms with van der Waals surface area (Å²) in [5.74, 6) is 1.42. The molecule has 5 nitrogen and oxygen atoms in total. The summed E-state index contributed by atoms with van der Waals surface area (Å²) in [4.78, 5) is 13.0. The summed E-state index contributed by atoms with van der Waals surface area (Å²) in [5.41, 5.74) is 2.27. The third-order valence-electron chi connectivity index (χ3n) is 3.37. The molecule has 0 radical (unpaired) electrons. The molecule has 23 heavy (non-hydrogen) atoms. The normalized spacial score (nSPS) is 10.3. The first kappa shape index (κ1) is 15.0. The van der Waals surface area contributed by atoms with E-state index in [0.717, 1.165) is 24.5 Å². The van der Waals surface area contributed by atoms with Crippen LogP contribution >= 0.6 is 0 Å². The lowest BCUT2D eigenvalue weighted by atomic mass is 10.1. The van der Waals surface area contributed by atoms with Gasteiger partial charge in [-0.15, -0.1) is 0 Å². The van der Waals surface area contributed by atoms with Gasteiger partial charge in [-0.05, 0) is 30.2 Å². The second-order valence-corrected chi connectivity index (χ2v) is 5.10. The molecule has 0 aliphatic carbocycles. The third kappa shape index (κ3) is 4.78. The lowest BCUT2D eigenvalue weighted by Gasteiger charge is -2.08. The quantitative estimate of drug-likeness (QED) is 0.702. The van der Waals surface area contributed by atoms with Crippen LogP contribution in [-0.2, 0) is 13.0 Å². The molecule has 5 heteroatoms. The van der Waals surface area contributed by atoms with Crippen molar-refractivity contribution < 1.29 is 0 Å². The van der Waals surface area contributed by atoms with Gasteiger partial charge in [0.1, 0.15) is 5.82 Å². The highest BCUT2D eigenvalue weighted by atomic mass is 15.1. The predicted molar refractivity (Wildman–Crippen MR) is 92.2 cm³/mol. The SMILES string of the molecule is c1ccc(CCNc2nccc(NCc3ccccn3)n2)cc1. The Balaban J connectivity index is 1.51. The summed E-state index contributed by atoms with van der Waals surface area (Å²) in [7, 11) is 0. The van der Waals surface area contributed by atoms with Gasteiger partial charge >= 0.3 is 0 Å². The summed E-state index contributed by atoms with van der Waals surface area (Å²) in [6, 6.07) is 18.1. The molecule has 0 atom stereocenters. The van der Waals surface area contributed by atoms with Gasteiger partial charge in [-0.1, -0.05) is 36.4 Å². The van der Waals surface area contributed by atoms with Crippen molar-refractivity contribution in [3.63, 3.8) is 0 Å². The van der Waals surface area contributed by atoms with E-state index in [-0.39, 0.29) is 0 Å². The molecule has 0 bridgehead atoms. The van der Waals surface area contributed by atoms with Crippen LogP contribution < -0.4 is 10.6 Å². The van der Waals surface area contributed by atoms with Crippen molar-refractivity contribution >= 4 is 11.8 Å². The molecule has 3 rings (SSSR count). The number of anilines is 2. The number of nitrogens with zero attached hydrogens (tertiary/aromatic N) is 3. The van der Waals surface area contributed by atoms with Gasteiger partial charge in [-0.3, -0.25) is 4.98 Å². The van der Waals surface area contributed by atoms with Crippen molar-refractivity contribution in [3.8, 4) is 0 Å². The van der Waals surface area contributed by atoms with E-state index in [2.05, 4.69) is 37.7 Å². The fourth-order valence-corrected chi connectivity index (χ4v) is 2.19. The molecule has 0 unspecified atom stereocenters. The lowest BCUT2D eigenvalue weighted by molar-refractivity contribution is 0.974. The van der Waals surface area contributed by atoms with Crippen LogP contribution in [0.4, 0.5) is 11.8 Å². The Hall–Kier alpha value is -2.95. The van der Waals surface area contributed by atoms with Crippen LogP contribution in [0.5, 0.6) is 0 Å². The summed E-state index contributed by atoms with van der Waals surface area (Å²) in [6.07, 6.45) is 4.47. The zero-order valence-electron chi connectivity index (χ0n) is 12.8. The molecule has 2 heterocycles. The molecule has 3 aromatic rings. The Bertz CT molecular complexity index is 716. The van der Waals surface area contributed by atoms with Crippen LogP contribution in [0, 0.1) is 0 Å². The average Bonchev–Trinajstić information content (AvgIpc) is 2.62. The molecule has 0 aliphatic heterocycles. The summed E-state index contributed by atoms with van der Waals surface area (Å²) in [5, 5.41) is 6.51. The maximum absolute atomic E-state index is 4.46. The molecular weight excluding hydrogens is 286 g/mol. The zero-order valence-corrected chi connectivity index (χ0v) is 12.8. The Morgan fingerprint density at radius 2 is 1.65 bits per heavy atom. The predicted octanol–water partition coefficient (Wildman–Crippen LogP) is 3.14. The molecular formula is C18H19N5. The van der Waals surface area contributed by atoms with Crippen molar-refractivity contribution in [1.29, 1.82) is 0 Å². The van der Waals surface area contributed by atoms with Gasteiger partial charge in [-0.2, -0.15) is 4.98 Å². The van der Waals surface area contributed by atoms with Crippen LogP contribution in [0.3, 0.4) is 0 Å². The Kier molecular flexibility index (Phi) is 5.13. The smallest absolute Gasteiger partial charge is 0.224 e. The highest BCUT2D eigenvalue weighted by Crippen LogP contribution is 2.08. The minimum atomic E-state index is 0.631. The third-order valence-corrected chi connectivity index (χ3v) is 3.37. The first-order chi connectivity index (χ1) is 11.4. The van der Waals surface area contributed by atoms with Crippen LogP contribution in [-0.4, -0.2) is 21.5 Å². The van der Waals surface area contributed by atoms with Gasteiger partial charge in [0.05, 0.1) is 12.2 Å². The number of hydrogen-bond donors (Lipinski definition) is 2. The van der Waals surface area contributed by atoms with E-state index < -0.39 is 0 Å². The van der Waals surface area contributed by atoms with Gasteiger partial charge in [0.2, 0.25) is 5.95 Å². The van der Waals surface area contributed by atoms with E-state index in [1.54, 1.807) is 12.4 Å². The van der Waals surface area contributed by atoms with E-state index in [4.69, 9.17) is 0 Å². The van der Waals surface area contributed by atoms with E-state index in [1.165, 1.54) is 5.56 Å². The maximum Gasteiger partial charge on any atom is 0.224 e. The molecule has 0 aliphatic rings. The van der Waals surface area contributed by atoms with Gasteiger partial charge in [0.25, 0.3) is 0 Å². The number of hydrogen-bond acceptors (Lipinski definition) is 5. The van der Waals surface area contributed by atoms with E-state index in [1.807, 2.05) is 42.5 Å². The summed E-state index contributed by atoms with van der Waals surface area (Å²) in [6.45, 7) is 1.44. The lowest BCUT2D eigenvalue weighted by Crippen LogP contribution is -2.09. The summed E-state index contributed by atoms with van der Waals surface area (Å²) < 4.78 is 0. The molecule has 0 saturated carbocycles. The highest BCUT2D eigenvalue weighted by molar-refractivity contribution is 5.39. The van der Waals surface area contributed by atoms with Gasteiger partial charge in [0, 0.05) is 18.9 Å². The van der Waals surface area contributed by atoms with Crippen molar-refractivity contribution in [3.05, 3.63) is 78.2 Å². The molecule has 0 amide bonds. The monoisotopic (exact) mass is 305 g/mol. The molecule has 2 aromatic heterocycles. The number of benzene rings is 1. The minimum Gasteiger partial charge on any atom is -0.364 e. The van der Waals surface area contributed by atoms with Crippen LogP contribution in [0.2, 0.25) is 0 Å². The molecule has 1 aromatic carbocycles.